The van der Waals surface area contributed by atoms with E-state index in [4.69, 9.17) is 0 Å². The van der Waals surface area contributed by atoms with Crippen LogP contribution in [0.15, 0.2) is 40.9 Å². The molecule has 19 heavy (non-hydrogen) atoms. The predicted molar refractivity (Wildman–Crippen MR) is 107 cm³/mol. The summed E-state index contributed by atoms with van der Waals surface area (Å²) in [6.07, 6.45) is 0. The van der Waals surface area contributed by atoms with E-state index in [0.717, 1.165) is 20.9 Å². The Labute approximate surface area is 160 Å². The normalized spacial score (nSPS) is 10.3. The molecule has 1 amide bonds. The molecule has 0 fully saturated rings. The molecule has 2 rings (SSSR count). The SMILES string of the molecule is O=C(Nc1c(I)cc(I)cc1I)c1cccc(Br)c1. The van der Waals surface area contributed by atoms with Crippen molar-refractivity contribution in [3.8, 4) is 0 Å². The minimum atomic E-state index is -0.0988. The fourth-order valence-electron chi connectivity index (χ4n) is 1.48. The number of rotatable bonds is 2. The lowest BCUT2D eigenvalue weighted by molar-refractivity contribution is 0.102. The lowest BCUT2D eigenvalue weighted by atomic mass is 10.2. The summed E-state index contributed by atoms with van der Waals surface area (Å²) in [6, 6.07) is 11.4. The van der Waals surface area contributed by atoms with Crippen LogP contribution in [0, 0.1) is 10.7 Å². The van der Waals surface area contributed by atoms with Gasteiger partial charge in [-0.25, -0.2) is 0 Å². The topological polar surface area (TPSA) is 29.1 Å². The summed E-state index contributed by atoms with van der Waals surface area (Å²) < 4.78 is 4.13. The van der Waals surface area contributed by atoms with Gasteiger partial charge in [-0.3, -0.25) is 4.79 Å². The van der Waals surface area contributed by atoms with E-state index < -0.39 is 0 Å². The third-order valence-electron chi connectivity index (χ3n) is 2.33. The van der Waals surface area contributed by atoms with Crippen molar-refractivity contribution in [2.45, 2.75) is 0 Å². The quantitative estimate of drug-likeness (QED) is 0.426. The molecule has 0 unspecified atom stereocenters. The molecule has 2 nitrogen and oxygen atoms in total. The van der Waals surface area contributed by atoms with Gasteiger partial charge >= 0.3 is 0 Å². The Kier molecular flexibility index (Phi) is 5.90. The van der Waals surface area contributed by atoms with Crippen molar-refractivity contribution >= 4 is 95.3 Å². The van der Waals surface area contributed by atoms with Crippen LogP contribution in [0.1, 0.15) is 10.4 Å². The molecule has 0 saturated heterocycles. The number of carbonyl (C=O) groups is 1. The van der Waals surface area contributed by atoms with E-state index in [1.807, 2.05) is 30.3 Å². The number of hydrogen-bond acceptors (Lipinski definition) is 1. The van der Waals surface area contributed by atoms with Crippen molar-refractivity contribution in [2.24, 2.45) is 0 Å². The van der Waals surface area contributed by atoms with Gasteiger partial charge in [-0.1, -0.05) is 22.0 Å². The third kappa shape index (κ3) is 4.27. The van der Waals surface area contributed by atoms with Gasteiger partial charge in [0.2, 0.25) is 0 Å². The van der Waals surface area contributed by atoms with Gasteiger partial charge in [-0.2, -0.15) is 0 Å². The number of halogens is 4. The molecule has 0 saturated carbocycles. The van der Waals surface area contributed by atoms with Gasteiger partial charge in [0.25, 0.3) is 5.91 Å². The van der Waals surface area contributed by atoms with Crippen molar-refractivity contribution in [1.29, 1.82) is 0 Å². The van der Waals surface area contributed by atoms with Crippen molar-refractivity contribution in [3.63, 3.8) is 0 Å². The smallest absolute Gasteiger partial charge is 0.255 e. The Bertz CT molecular complexity index is 623. The van der Waals surface area contributed by atoms with Gasteiger partial charge < -0.3 is 5.32 Å². The lowest BCUT2D eigenvalue weighted by Crippen LogP contribution is -2.14. The number of anilines is 1. The maximum Gasteiger partial charge on any atom is 0.255 e. The van der Waals surface area contributed by atoms with Crippen LogP contribution in [0.5, 0.6) is 0 Å². The molecule has 98 valence electrons. The number of hydrogen-bond donors (Lipinski definition) is 1. The van der Waals surface area contributed by atoms with Crippen LogP contribution in [-0.4, -0.2) is 5.91 Å². The Balaban J connectivity index is 2.29. The van der Waals surface area contributed by atoms with Crippen LogP contribution in [0.2, 0.25) is 0 Å². The second kappa shape index (κ2) is 7.03. The van der Waals surface area contributed by atoms with Gasteiger partial charge in [-0.05, 0) is 98.1 Å². The molecule has 0 aliphatic heterocycles. The zero-order chi connectivity index (χ0) is 14.0. The molecule has 0 spiro atoms. The van der Waals surface area contributed by atoms with E-state index in [9.17, 15) is 4.79 Å². The summed E-state index contributed by atoms with van der Waals surface area (Å²) >= 11 is 10.1. The molecule has 0 aliphatic rings. The Morgan fingerprint density at radius 1 is 1.05 bits per heavy atom. The third-order valence-corrected chi connectivity index (χ3v) is 5.15. The van der Waals surface area contributed by atoms with Crippen LogP contribution >= 0.6 is 83.7 Å². The maximum atomic E-state index is 12.2. The average Bonchev–Trinajstić information content (AvgIpc) is 2.33. The minimum absolute atomic E-state index is 0.0988. The standard InChI is InChI=1S/C13H7BrI3NO/c14-8-3-1-2-7(4-8)13(19)18-12-10(16)5-9(15)6-11(12)17/h1-6H,(H,18,19). The average molecular weight is 654 g/mol. The van der Waals surface area contributed by atoms with Crippen LogP contribution < -0.4 is 5.32 Å². The van der Waals surface area contributed by atoms with Gasteiger partial charge in [0, 0.05) is 20.7 Å². The highest BCUT2D eigenvalue weighted by molar-refractivity contribution is 14.1. The zero-order valence-electron chi connectivity index (χ0n) is 9.38. The molecule has 0 radical (unpaired) electrons. The highest BCUT2D eigenvalue weighted by Gasteiger charge is 2.12. The van der Waals surface area contributed by atoms with Crippen molar-refractivity contribution in [2.75, 3.05) is 5.32 Å². The molecular formula is C13H7BrI3NO. The molecule has 2 aromatic rings. The first-order chi connectivity index (χ1) is 8.97. The van der Waals surface area contributed by atoms with E-state index in [1.165, 1.54) is 0 Å². The largest absolute Gasteiger partial charge is 0.320 e. The van der Waals surface area contributed by atoms with E-state index in [-0.39, 0.29) is 5.91 Å². The number of nitrogens with one attached hydrogen (secondary N) is 1. The summed E-state index contributed by atoms with van der Waals surface area (Å²) in [6.45, 7) is 0. The van der Waals surface area contributed by atoms with E-state index in [1.54, 1.807) is 6.07 Å². The van der Waals surface area contributed by atoms with E-state index in [2.05, 4.69) is 89.0 Å². The lowest BCUT2D eigenvalue weighted by Gasteiger charge is -2.10. The Morgan fingerprint density at radius 2 is 1.68 bits per heavy atom. The van der Waals surface area contributed by atoms with Crippen molar-refractivity contribution in [3.05, 3.63) is 57.1 Å². The first-order valence-corrected chi connectivity index (χ1v) is 9.22. The summed E-state index contributed by atoms with van der Waals surface area (Å²) in [5.41, 5.74) is 1.51. The zero-order valence-corrected chi connectivity index (χ0v) is 17.4. The predicted octanol–water partition coefficient (Wildman–Crippen LogP) is 5.52. The summed E-state index contributed by atoms with van der Waals surface area (Å²) in [5, 5.41) is 2.97. The van der Waals surface area contributed by atoms with Gasteiger partial charge in [-0.15, -0.1) is 0 Å². The Morgan fingerprint density at radius 3 is 2.26 bits per heavy atom. The van der Waals surface area contributed by atoms with Crippen molar-refractivity contribution in [1.82, 2.24) is 0 Å². The Hall–Kier alpha value is 0.580. The van der Waals surface area contributed by atoms with Crippen LogP contribution in [0.3, 0.4) is 0 Å². The number of amides is 1. The number of carbonyl (C=O) groups excluding carboxylic acids is 1. The first-order valence-electron chi connectivity index (χ1n) is 5.19. The molecule has 0 bridgehead atoms. The summed E-state index contributed by atoms with van der Waals surface area (Å²) in [5.74, 6) is -0.0988. The van der Waals surface area contributed by atoms with Crippen LogP contribution in [-0.2, 0) is 0 Å². The second-order valence-electron chi connectivity index (χ2n) is 3.71. The highest BCUT2D eigenvalue weighted by atomic mass is 127. The molecule has 2 aromatic carbocycles. The molecule has 0 atom stereocenters. The monoisotopic (exact) mass is 653 g/mol. The molecule has 6 heteroatoms. The van der Waals surface area contributed by atoms with E-state index >= 15 is 0 Å². The van der Waals surface area contributed by atoms with E-state index in [0.29, 0.717) is 5.56 Å². The van der Waals surface area contributed by atoms with Gasteiger partial charge in [0.1, 0.15) is 0 Å². The molecule has 0 aromatic heterocycles. The van der Waals surface area contributed by atoms with Gasteiger partial charge in [0.15, 0.2) is 0 Å². The van der Waals surface area contributed by atoms with Crippen LogP contribution in [0.4, 0.5) is 5.69 Å². The number of benzene rings is 2. The molecule has 0 aliphatic carbocycles. The molecule has 1 N–H and O–H groups in total. The maximum absolute atomic E-state index is 12.2. The fourth-order valence-corrected chi connectivity index (χ4v) is 5.73. The highest BCUT2D eigenvalue weighted by Crippen LogP contribution is 2.28. The van der Waals surface area contributed by atoms with Crippen molar-refractivity contribution < 1.29 is 4.79 Å². The fraction of sp³-hybridized carbons (Fsp3) is 0. The second-order valence-corrected chi connectivity index (χ2v) is 8.19. The van der Waals surface area contributed by atoms with Gasteiger partial charge in [0.05, 0.1) is 5.69 Å². The first kappa shape index (κ1) is 16.0. The molecular weight excluding hydrogens is 647 g/mol. The minimum Gasteiger partial charge on any atom is -0.320 e. The molecule has 0 heterocycles. The van der Waals surface area contributed by atoms with Crippen LogP contribution in [0.25, 0.3) is 0 Å². The summed E-state index contributed by atoms with van der Waals surface area (Å²) in [7, 11) is 0. The summed E-state index contributed by atoms with van der Waals surface area (Å²) in [4.78, 5) is 12.2.